The molecule has 2 aromatic carbocycles. The van der Waals surface area contributed by atoms with Crippen molar-refractivity contribution in [3.8, 4) is 6.07 Å². The van der Waals surface area contributed by atoms with Gasteiger partial charge in [-0.3, -0.25) is 9.93 Å². The van der Waals surface area contributed by atoms with Crippen LogP contribution in [-0.2, 0) is 11.2 Å². The molecular formula is C25H30N4OS. The zero-order valence-corrected chi connectivity index (χ0v) is 18.8. The van der Waals surface area contributed by atoms with Crippen molar-refractivity contribution in [2.24, 2.45) is 11.1 Å². The van der Waals surface area contributed by atoms with Crippen LogP contribution in [0, 0.1) is 17.2 Å². The van der Waals surface area contributed by atoms with Crippen molar-refractivity contribution in [1.82, 2.24) is 9.88 Å². The molecule has 3 aromatic rings. The van der Waals surface area contributed by atoms with E-state index < -0.39 is 0 Å². The molecule has 1 atom stereocenters. The lowest BCUT2D eigenvalue weighted by atomic mass is 9.87. The number of aromatic nitrogens is 1. The number of carbonyl (C=O) groups is 1. The number of nitrogens with two attached hydrogens (primary N) is 1. The molecule has 4 rings (SSSR count). The second kappa shape index (κ2) is 11.0. The van der Waals surface area contributed by atoms with Crippen LogP contribution in [0.5, 0.6) is 0 Å². The summed E-state index contributed by atoms with van der Waals surface area (Å²) < 4.78 is 0. The van der Waals surface area contributed by atoms with Crippen molar-refractivity contribution < 1.29 is 4.79 Å². The second-order valence-electron chi connectivity index (χ2n) is 8.20. The molecule has 1 fully saturated rings. The van der Waals surface area contributed by atoms with Crippen LogP contribution in [0.15, 0.2) is 54.7 Å². The summed E-state index contributed by atoms with van der Waals surface area (Å²) in [6, 6.07) is 18.2. The lowest BCUT2D eigenvalue weighted by Gasteiger charge is -2.33. The lowest BCUT2D eigenvalue weighted by Crippen LogP contribution is -2.40. The Bertz CT molecular complexity index is 1050. The summed E-state index contributed by atoms with van der Waals surface area (Å²) in [5, 5.41) is 14.5. The number of thiol groups is 1. The highest BCUT2D eigenvalue weighted by Crippen LogP contribution is 2.32. The van der Waals surface area contributed by atoms with E-state index in [4.69, 9.17) is 0 Å². The van der Waals surface area contributed by atoms with E-state index in [2.05, 4.69) is 59.0 Å². The summed E-state index contributed by atoms with van der Waals surface area (Å²) in [6.07, 6.45) is 5.61. The Morgan fingerprint density at radius 2 is 1.97 bits per heavy atom. The highest BCUT2D eigenvalue weighted by atomic mass is 32.1. The van der Waals surface area contributed by atoms with E-state index in [-0.39, 0.29) is 11.8 Å². The van der Waals surface area contributed by atoms with Gasteiger partial charge in [0.1, 0.15) is 0 Å². The molecule has 1 unspecified atom stereocenters. The number of nitrogens with zero attached hydrogens (tertiary/aromatic N) is 2. The lowest BCUT2D eigenvalue weighted by molar-refractivity contribution is -0.134. The molecule has 0 radical (unpaired) electrons. The number of carbonyl (C=O) groups excluding carboxylic acids is 1. The van der Waals surface area contributed by atoms with E-state index in [1.807, 2.05) is 36.5 Å². The number of benzene rings is 2. The largest absolute Gasteiger partial charge is 0.361 e. The Morgan fingerprint density at radius 3 is 2.71 bits per heavy atom. The smallest absolute Gasteiger partial charge is 0.230 e. The summed E-state index contributed by atoms with van der Waals surface area (Å²) in [7, 11) is 0. The molecule has 0 aliphatic carbocycles. The minimum absolute atomic E-state index is 0.173. The number of aromatic amines is 1. The molecular weight excluding hydrogens is 404 g/mol. The highest BCUT2D eigenvalue weighted by Gasteiger charge is 2.29. The first-order chi connectivity index (χ1) is 15.2. The number of nitrogens with one attached hydrogen (secondary N) is 1. The van der Waals surface area contributed by atoms with Crippen LogP contribution in [0.4, 0.5) is 0 Å². The average Bonchev–Trinajstić information content (AvgIpc) is 3.31. The van der Waals surface area contributed by atoms with Gasteiger partial charge >= 0.3 is 0 Å². The predicted molar refractivity (Wildman–Crippen MR) is 129 cm³/mol. The molecule has 0 bridgehead atoms. The highest BCUT2D eigenvalue weighted by molar-refractivity contribution is 7.77. The van der Waals surface area contributed by atoms with E-state index >= 15 is 0 Å². The molecule has 1 saturated heterocycles. The van der Waals surface area contributed by atoms with Gasteiger partial charge in [-0.2, -0.15) is 5.26 Å². The van der Waals surface area contributed by atoms with Crippen LogP contribution < -0.4 is 5.14 Å². The van der Waals surface area contributed by atoms with Gasteiger partial charge in [0.15, 0.2) is 0 Å². The third-order valence-electron chi connectivity index (χ3n) is 6.18. The molecule has 3 N–H and O–H groups in total. The van der Waals surface area contributed by atoms with Gasteiger partial charge in [-0.05, 0) is 67.0 Å². The standard InChI is InChI=1S/C25H27N3O.H3NS/c1-18-11-14-28(15-12-18)25(29)23(9-8-19-4-2-5-20(16-19)17-26)21-6-3-7-24-22(21)10-13-27-24;1-2/h2-7,10,13,16,18,23,27H,8-9,11-12,14-15H2,1H3;2H,1H2. The summed E-state index contributed by atoms with van der Waals surface area (Å²) in [4.78, 5) is 18.9. The number of H-pyrrole nitrogens is 1. The summed E-state index contributed by atoms with van der Waals surface area (Å²) >= 11 is 3.03. The molecule has 1 aliphatic rings. The van der Waals surface area contributed by atoms with Gasteiger partial charge in [-0.15, -0.1) is 12.8 Å². The summed E-state index contributed by atoms with van der Waals surface area (Å²) in [5.74, 6) is 0.759. The van der Waals surface area contributed by atoms with Gasteiger partial charge in [0.25, 0.3) is 0 Å². The van der Waals surface area contributed by atoms with Crippen molar-refractivity contribution in [1.29, 1.82) is 5.26 Å². The van der Waals surface area contributed by atoms with E-state index in [1.165, 1.54) is 0 Å². The number of likely N-dealkylation sites (tertiary alicyclic amines) is 1. The number of hydrogen-bond donors (Lipinski definition) is 3. The van der Waals surface area contributed by atoms with Crippen LogP contribution in [0.1, 0.15) is 48.8 Å². The molecule has 162 valence electrons. The fraction of sp³-hybridized carbons (Fsp3) is 0.360. The minimum atomic E-state index is -0.173. The normalized spacial score (nSPS) is 15.1. The van der Waals surface area contributed by atoms with Crippen molar-refractivity contribution in [2.75, 3.05) is 13.1 Å². The summed E-state index contributed by atoms with van der Waals surface area (Å²) in [6.45, 7) is 3.97. The second-order valence-corrected chi connectivity index (χ2v) is 8.20. The third-order valence-corrected chi connectivity index (χ3v) is 6.18. The van der Waals surface area contributed by atoms with E-state index in [9.17, 15) is 10.1 Å². The maximum absolute atomic E-state index is 13.6. The molecule has 1 aromatic heterocycles. The van der Waals surface area contributed by atoms with Crippen molar-refractivity contribution in [3.63, 3.8) is 0 Å². The van der Waals surface area contributed by atoms with E-state index in [0.717, 1.165) is 60.8 Å². The SMILES string of the molecule is CC1CCN(C(=O)C(CCc2cccc(C#N)c2)c2cccc3[nH]ccc23)CC1.NS. The van der Waals surface area contributed by atoms with Gasteiger partial charge in [0, 0.05) is 30.2 Å². The fourth-order valence-electron chi connectivity index (χ4n) is 4.38. The van der Waals surface area contributed by atoms with Gasteiger partial charge < -0.3 is 9.88 Å². The zero-order valence-electron chi connectivity index (χ0n) is 17.9. The van der Waals surface area contributed by atoms with Crippen LogP contribution >= 0.6 is 12.8 Å². The van der Waals surface area contributed by atoms with Crippen LogP contribution in [0.25, 0.3) is 10.9 Å². The van der Waals surface area contributed by atoms with Gasteiger partial charge in [0.2, 0.25) is 5.91 Å². The Morgan fingerprint density at radius 1 is 1.23 bits per heavy atom. The van der Waals surface area contributed by atoms with Gasteiger partial charge in [-0.25, -0.2) is 0 Å². The first kappa shape index (κ1) is 22.9. The van der Waals surface area contributed by atoms with E-state index in [1.54, 1.807) is 0 Å². The van der Waals surface area contributed by atoms with Crippen molar-refractivity contribution in [2.45, 2.75) is 38.5 Å². The molecule has 0 spiro atoms. The van der Waals surface area contributed by atoms with Gasteiger partial charge in [0.05, 0.1) is 17.6 Å². The zero-order chi connectivity index (χ0) is 22.2. The molecule has 31 heavy (non-hydrogen) atoms. The third kappa shape index (κ3) is 5.49. The van der Waals surface area contributed by atoms with Crippen LogP contribution in [0.3, 0.4) is 0 Å². The fourth-order valence-corrected chi connectivity index (χ4v) is 4.38. The first-order valence-corrected chi connectivity index (χ1v) is 11.3. The van der Waals surface area contributed by atoms with Crippen molar-refractivity contribution in [3.05, 3.63) is 71.4 Å². The summed E-state index contributed by atoms with van der Waals surface area (Å²) in [5.41, 5.74) is 3.95. The average molecular weight is 435 g/mol. The quantitative estimate of drug-likeness (QED) is 0.504. The molecule has 5 nitrogen and oxygen atoms in total. The Hall–Kier alpha value is -2.75. The topological polar surface area (TPSA) is 85.9 Å². The monoisotopic (exact) mass is 434 g/mol. The first-order valence-electron chi connectivity index (χ1n) is 10.8. The number of amides is 1. The maximum atomic E-state index is 13.6. The Labute approximate surface area is 189 Å². The number of fused-ring (bicyclic) bond motifs is 1. The molecule has 6 heteroatoms. The maximum Gasteiger partial charge on any atom is 0.230 e. The Balaban J connectivity index is 0.00000132. The number of aryl methyl sites for hydroxylation is 1. The number of piperidine rings is 1. The minimum Gasteiger partial charge on any atom is -0.361 e. The molecule has 1 aliphatic heterocycles. The van der Waals surface area contributed by atoms with Gasteiger partial charge in [-0.1, -0.05) is 31.2 Å². The number of nitriles is 1. The number of hydrogen-bond acceptors (Lipinski definition) is 4. The Kier molecular flexibility index (Phi) is 8.16. The van der Waals surface area contributed by atoms with E-state index in [0.29, 0.717) is 11.5 Å². The van der Waals surface area contributed by atoms with Crippen molar-refractivity contribution >= 4 is 29.6 Å². The number of rotatable bonds is 5. The molecule has 2 heterocycles. The van der Waals surface area contributed by atoms with Crippen LogP contribution in [-0.4, -0.2) is 28.9 Å². The predicted octanol–water partition coefficient (Wildman–Crippen LogP) is 4.80. The molecule has 1 amide bonds. The van der Waals surface area contributed by atoms with Crippen LogP contribution in [0.2, 0.25) is 0 Å². The molecule has 0 saturated carbocycles.